The molecule has 2 N–H and O–H groups in total. The van der Waals surface area contributed by atoms with Gasteiger partial charge in [-0.05, 0) is 30.3 Å². The van der Waals surface area contributed by atoms with Crippen molar-refractivity contribution in [1.29, 1.82) is 5.26 Å². The van der Waals surface area contributed by atoms with Crippen molar-refractivity contribution in [2.24, 2.45) is 0 Å². The van der Waals surface area contributed by atoms with E-state index in [2.05, 4.69) is 10.6 Å². The lowest BCUT2D eigenvalue weighted by atomic mass is 10.1. The van der Waals surface area contributed by atoms with Gasteiger partial charge >= 0.3 is 6.18 Å². The molecule has 0 radical (unpaired) electrons. The molecular formula is C17H11F4N3O. The first-order valence-electron chi connectivity index (χ1n) is 6.91. The molecule has 0 saturated carbocycles. The van der Waals surface area contributed by atoms with E-state index in [1.165, 1.54) is 30.3 Å². The molecule has 2 aromatic rings. The molecule has 1 amide bonds. The lowest BCUT2D eigenvalue weighted by Gasteiger charge is -2.13. The highest BCUT2D eigenvalue weighted by Gasteiger charge is 2.33. The lowest BCUT2D eigenvalue weighted by molar-refractivity contribution is -0.137. The van der Waals surface area contributed by atoms with Crippen molar-refractivity contribution in [3.05, 3.63) is 71.7 Å². The fourth-order valence-electron chi connectivity index (χ4n) is 1.91. The zero-order chi connectivity index (χ0) is 18.4. The van der Waals surface area contributed by atoms with Gasteiger partial charge in [0, 0.05) is 11.9 Å². The third-order valence-electron chi connectivity index (χ3n) is 3.05. The van der Waals surface area contributed by atoms with Gasteiger partial charge in [-0.1, -0.05) is 18.2 Å². The Hall–Kier alpha value is -3.34. The quantitative estimate of drug-likeness (QED) is 0.491. The highest BCUT2D eigenvalue weighted by Crippen LogP contribution is 2.34. The summed E-state index contributed by atoms with van der Waals surface area (Å²) in [7, 11) is 0. The van der Waals surface area contributed by atoms with Crippen LogP contribution in [0.1, 0.15) is 5.56 Å². The molecule has 4 nitrogen and oxygen atoms in total. The van der Waals surface area contributed by atoms with Gasteiger partial charge in [-0.3, -0.25) is 4.79 Å². The summed E-state index contributed by atoms with van der Waals surface area (Å²) >= 11 is 0. The standard InChI is InChI=1S/C17H11F4N3O/c18-12-4-3-5-13(8-12)23-10-11(9-22)16(25)24-15-7-2-1-6-14(15)17(19,20)21/h1-8,10,23H,(H,24,25)/b11-10-. The average molecular weight is 349 g/mol. The zero-order valence-corrected chi connectivity index (χ0v) is 12.6. The molecule has 0 aromatic heterocycles. The smallest absolute Gasteiger partial charge is 0.360 e. The van der Waals surface area contributed by atoms with Crippen LogP contribution in [0.25, 0.3) is 0 Å². The molecule has 0 atom stereocenters. The summed E-state index contributed by atoms with van der Waals surface area (Å²) in [6.45, 7) is 0. The van der Waals surface area contributed by atoms with Crippen molar-refractivity contribution in [3.63, 3.8) is 0 Å². The Labute approximate surface area is 140 Å². The second-order valence-corrected chi connectivity index (χ2v) is 4.82. The first-order valence-corrected chi connectivity index (χ1v) is 6.91. The van der Waals surface area contributed by atoms with Gasteiger partial charge in [-0.15, -0.1) is 0 Å². The maximum atomic E-state index is 13.1. The lowest BCUT2D eigenvalue weighted by Crippen LogP contribution is -2.18. The van der Waals surface area contributed by atoms with E-state index in [9.17, 15) is 22.4 Å². The van der Waals surface area contributed by atoms with Crippen molar-refractivity contribution in [2.45, 2.75) is 6.18 Å². The Bertz CT molecular complexity index is 853. The summed E-state index contributed by atoms with van der Waals surface area (Å²) < 4.78 is 51.8. The summed E-state index contributed by atoms with van der Waals surface area (Å²) in [5.74, 6) is -1.55. The molecule has 0 aliphatic heterocycles. The zero-order valence-electron chi connectivity index (χ0n) is 12.6. The summed E-state index contributed by atoms with van der Waals surface area (Å²) in [5, 5.41) is 13.6. The monoisotopic (exact) mass is 349 g/mol. The van der Waals surface area contributed by atoms with E-state index in [1.807, 2.05) is 0 Å². The number of carbonyl (C=O) groups excluding carboxylic acids is 1. The molecular weight excluding hydrogens is 338 g/mol. The molecule has 2 rings (SSSR count). The molecule has 0 bridgehead atoms. The number of rotatable bonds is 4. The molecule has 0 unspecified atom stereocenters. The Morgan fingerprint density at radius 2 is 1.84 bits per heavy atom. The molecule has 0 heterocycles. The minimum Gasteiger partial charge on any atom is -0.360 e. The molecule has 25 heavy (non-hydrogen) atoms. The molecule has 0 aliphatic carbocycles. The number of nitrogens with one attached hydrogen (secondary N) is 2. The van der Waals surface area contributed by atoms with Crippen LogP contribution in [0, 0.1) is 17.1 Å². The van der Waals surface area contributed by atoms with Gasteiger partial charge in [0.1, 0.15) is 17.5 Å². The molecule has 8 heteroatoms. The minimum absolute atomic E-state index is 0.274. The number of benzene rings is 2. The van der Waals surface area contributed by atoms with Crippen molar-refractivity contribution in [1.82, 2.24) is 0 Å². The third kappa shape index (κ3) is 4.81. The van der Waals surface area contributed by atoms with Gasteiger partial charge in [0.05, 0.1) is 11.3 Å². The predicted molar refractivity (Wildman–Crippen MR) is 83.8 cm³/mol. The van der Waals surface area contributed by atoms with Gasteiger partial charge in [-0.2, -0.15) is 18.4 Å². The van der Waals surface area contributed by atoms with E-state index in [1.54, 1.807) is 6.07 Å². The number of amides is 1. The van der Waals surface area contributed by atoms with Crippen molar-refractivity contribution in [2.75, 3.05) is 10.6 Å². The number of para-hydroxylation sites is 1. The van der Waals surface area contributed by atoms with E-state index in [0.717, 1.165) is 24.4 Å². The fourth-order valence-corrected chi connectivity index (χ4v) is 1.91. The largest absolute Gasteiger partial charge is 0.418 e. The van der Waals surface area contributed by atoms with Gasteiger partial charge < -0.3 is 10.6 Å². The SMILES string of the molecule is N#C/C(=C/Nc1cccc(F)c1)C(=O)Nc1ccccc1C(F)(F)F. The Balaban J connectivity index is 2.19. The highest BCUT2D eigenvalue weighted by molar-refractivity contribution is 6.07. The number of hydrogen-bond acceptors (Lipinski definition) is 3. The van der Waals surface area contributed by atoms with E-state index in [0.29, 0.717) is 0 Å². The summed E-state index contributed by atoms with van der Waals surface area (Å²) in [6.07, 6.45) is -3.67. The Kier molecular flexibility index (Phi) is 5.39. The van der Waals surface area contributed by atoms with Crippen molar-refractivity contribution < 1.29 is 22.4 Å². The predicted octanol–water partition coefficient (Wildman–Crippen LogP) is 4.30. The molecule has 2 aromatic carbocycles. The van der Waals surface area contributed by atoms with Gasteiger partial charge in [0.25, 0.3) is 5.91 Å². The third-order valence-corrected chi connectivity index (χ3v) is 3.05. The summed E-state index contributed by atoms with van der Waals surface area (Å²) in [5.41, 5.74) is -1.69. The maximum absolute atomic E-state index is 13.1. The van der Waals surface area contributed by atoms with Crippen LogP contribution in [0.4, 0.5) is 28.9 Å². The normalized spacial score (nSPS) is 11.6. The average Bonchev–Trinajstić information content (AvgIpc) is 2.55. The second kappa shape index (κ2) is 7.49. The Morgan fingerprint density at radius 3 is 2.48 bits per heavy atom. The van der Waals surface area contributed by atoms with Crippen LogP contribution in [0.15, 0.2) is 60.3 Å². The number of nitrogens with zero attached hydrogens (tertiary/aromatic N) is 1. The van der Waals surface area contributed by atoms with Crippen LogP contribution in [0.5, 0.6) is 0 Å². The Morgan fingerprint density at radius 1 is 1.12 bits per heavy atom. The number of carbonyl (C=O) groups is 1. The summed E-state index contributed by atoms with van der Waals surface area (Å²) in [6, 6.07) is 11.2. The van der Waals surface area contributed by atoms with Crippen LogP contribution < -0.4 is 10.6 Å². The first kappa shape index (κ1) is 18.0. The number of alkyl halides is 3. The van der Waals surface area contributed by atoms with Crippen molar-refractivity contribution >= 4 is 17.3 Å². The fraction of sp³-hybridized carbons (Fsp3) is 0.0588. The van der Waals surface area contributed by atoms with Crippen LogP contribution in [0.3, 0.4) is 0 Å². The topological polar surface area (TPSA) is 64.9 Å². The van der Waals surface area contributed by atoms with Gasteiger partial charge in [0.2, 0.25) is 0 Å². The number of anilines is 2. The molecule has 128 valence electrons. The van der Waals surface area contributed by atoms with E-state index < -0.39 is 34.7 Å². The number of halogens is 4. The van der Waals surface area contributed by atoms with Crippen LogP contribution in [-0.2, 0) is 11.0 Å². The first-order chi connectivity index (χ1) is 11.8. The van der Waals surface area contributed by atoms with Crippen LogP contribution in [0.2, 0.25) is 0 Å². The van der Waals surface area contributed by atoms with Gasteiger partial charge in [0.15, 0.2) is 0 Å². The maximum Gasteiger partial charge on any atom is 0.418 e. The van der Waals surface area contributed by atoms with Crippen LogP contribution in [-0.4, -0.2) is 5.91 Å². The van der Waals surface area contributed by atoms with Gasteiger partial charge in [-0.25, -0.2) is 4.39 Å². The number of hydrogen-bond donors (Lipinski definition) is 2. The van der Waals surface area contributed by atoms with E-state index in [4.69, 9.17) is 5.26 Å². The van der Waals surface area contributed by atoms with Crippen LogP contribution >= 0.6 is 0 Å². The highest BCUT2D eigenvalue weighted by atomic mass is 19.4. The molecule has 0 saturated heterocycles. The molecule has 0 fully saturated rings. The van der Waals surface area contributed by atoms with E-state index in [-0.39, 0.29) is 5.69 Å². The molecule has 0 aliphatic rings. The van der Waals surface area contributed by atoms with Crippen molar-refractivity contribution in [3.8, 4) is 6.07 Å². The van der Waals surface area contributed by atoms with E-state index >= 15 is 0 Å². The molecule has 0 spiro atoms. The second-order valence-electron chi connectivity index (χ2n) is 4.82. The minimum atomic E-state index is -4.65. The number of nitriles is 1. The summed E-state index contributed by atoms with van der Waals surface area (Å²) in [4.78, 5) is 12.0.